The van der Waals surface area contributed by atoms with E-state index in [-0.39, 0.29) is 19.0 Å². The summed E-state index contributed by atoms with van der Waals surface area (Å²) in [5, 5.41) is 12.4. The van der Waals surface area contributed by atoms with Crippen LogP contribution in [0.3, 0.4) is 0 Å². The fourth-order valence-electron chi connectivity index (χ4n) is 3.42. The minimum Gasteiger partial charge on any atom is -0.480 e. The zero-order valence-corrected chi connectivity index (χ0v) is 20.5. The first-order valence-corrected chi connectivity index (χ1v) is 11.3. The number of H-pyrrole nitrogens is 1. The molecule has 0 aliphatic heterocycles. The van der Waals surface area contributed by atoms with E-state index in [1.807, 2.05) is 85.1 Å². The van der Waals surface area contributed by atoms with Crippen molar-refractivity contribution in [2.24, 2.45) is 11.5 Å². The average Bonchev–Trinajstić information content (AvgIpc) is 3.28. The maximum atomic E-state index is 11.6. The van der Waals surface area contributed by atoms with Gasteiger partial charge in [0.05, 0.1) is 0 Å². The maximum absolute atomic E-state index is 11.6. The van der Waals surface area contributed by atoms with Gasteiger partial charge in [0.1, 0.15) is 12.6 Å². The molecular formula is C27H31ClN4O4. The normalized spacial score (nSPS) is 10.9. The number of hydrogen-bond acceptors (Lipinski definition) is 5. The molecule has 1 atom stereocenters. The molecule has 1 amide bonds. The number of rotatable bonds is 8. The Kier molecular flexibility index (Phi) is 11.5. The van der Waals surface area contributed by atoms with Gasteiger partial charge in [0.25, 0.3) is 0 Å². The number of hydrogen-bond donors (Lipinski definition) is 5. The predicted octanol–water partition coefficient (Wildman–Crippen LogP) is 4.48. The Morgan fingerprint density at radius 1 is 0.944 bits per heavy atom. The van der Waals surface area contributed by atoms with E-state index in [2.05, 4.69) is 10.3 Å². The minimum atomic E-state index is -0.972. The SMILES string of the molecule is Cl.NCCc1ccc(NC(=O)OCc2ccccc2)cc1.N[C@@H](Cc1c[nH]c2ccccc12)C(=O)O. The van der Waals surface area contributed by atoms with Gasteiger partial charge in [-0.2, -0.15) is 0 Å². The van der Waals surface area contributed by atoms with E-state index in [0.29, 0.717) is 18.7 Å². The molecule has 7 N–H and O–H groups in total. The van der Waals surface area contributed by atoms with Crippen molar-refractivity contribution in [1.82, 2.24) is 4.98 Å². The van der Waals surface area contributed by atoms with Gasteiger partial charge in [0.2, 0.25) is 0 Å². The van der Waals surface area contributed by atoms with Crippen LogP contribution in [0.4, 0.5) is 10.5 Å². The monoisotopic (exact) mass is 510 g/mol. The Morgan fingerprint density at radius 2 is 1.61 bits per heavy atom. The van der Waals surface area contributed by atoms with Crippen LogP contribution >= 0.6 is 12.4 Å². The summed E-state index contributed by atoms with van der Waals surface area (Å²) in [5.41, 5.74) is 15.7. The number of carbonyl (C=O) groups excluding carboxylic acids is 1. The summed E-state index contributed by atoms with van der Waals surface area (Å²) in [6.45, 7) is 0.879. The Hall–Kier alpha value is -3.85. The molecule has 0 saturated heterocycles. The van der Waals surface area contributed by atoms with Gasteiger partial charge < -0.3 is 26.3 Å². The molecule has 1 heterocycles. The largest absolute Gasteiger partial charge is 0.480 e. The zero-order valence-electron chi connectivity index (χ0n) is 19.7. The van der Waals surface area contributed by atoms with E-state index in [4.69, 9.17) is 21.3 Å². The number of aromatic amines is 1. The number of nitrogens with one attached hydrogen (secondary N) is 2. The topological polar surface area (TPSA) is 143 Å². The lowest BCUT2D eigenvalue weighted by Crippen LogP contribution is -2.32. The highest BCUT2D eigenvalue weighted by molar-refractivity contribution is 5.85. The number of anilines is 1. The molecule has 4 aromatic rings. The molecule has 4 rings (SSSR count). The lowest BCUT2D eigenvalue weighted by Gasteiger charge is -2.07. The van der Waals surface area contributed by atoms with Gasteiger partial charge in [-0.05, 0) is 47.9 Å². The maximum Gasteiger partial charge on any atom is 0.411 e. The lowest BCUT2D eigenvalue weighted by atomic mass is 10.1. The van der Waals surface area contributed by atoms with Gasteiger partial charge in [-0.25, -0.2) is 4.79 Å². The number of aromatic nitrogens is 1. The molecule has 0 fully saturated rings. The summed E-state index contributed by atoms with van der Waals surface area (Å²) in [6, 6.07) is 24.1. The molecule has 190 valence electrons. The standard InChI is InChI=1S/C16H18N2O2.C11H12N2O2.ClH/c17-11-10-13-6-8-15(9-7-13)18-16(19)20-12-14-4-2-1-3-5-14;12-9(11(14)15)5-7-6-13-10-4-2-1-3-8(7)10;/h1-9H,10-12,17H2,(H,18,19);1-4,6,9,13H,5,12H2,(H,14,15);1H/t;9-;/m.0./s1. The number of benzene rings is 3. The van der Waals surface area contributed by atoms with E-state index >= 15 is 0 Å². The number of ether oxygens (including phenoxy) is 1. The summed E-state index contributed by atoms with van der Waals surface area (Å²) in [6.07, 6.45) is 2.53. The Morgan fingerprint density at radius 3 is 2.28 bits per heavy atom. The third-order valence-electron chi connectivity index (χ3n) is 5.28. The number of carboxylic acids is 1. The molecule has 0 radical (unpaired) electrons. The molecular weight excluding hydrogens is 480 g/mol. The Bertz CT molecular complexity index is 1230. The van der Waals surface area contributed by atoms with Crippen molar-refractivity contribution in [1.29, 1.82) is 0 Å². The average molecular weight is 511 g/mol. The summed E-state index contributed by atoms with van der Waals surface area (Å²) in [5.74, 6) is -0.972. The fourth-order valence-corrected chi connectivity index (χ4v) is 3.42. The molecule has 0 aliphatic rings. The minimum absolute atomic E-state index is 0. The Balaban J connectivity index is 0.000000256. The molecule has 9 heteroatoms. The van der Waals surface area contributed by atoms with Crippen molar-refractivity contribution in [2.75, 3.05) is 11.9 Å². The molecule has 0 spiro atoms. The summed E-state index contributed by atoms with van der Waals surface area (Å²) in [4.78, 5) is 25.4. The number of halogens is 1. The highest BCUT2D eigenvalue weighted by atomic mass is 35.5. The van der Waals surface area contributed by atoms with Crippen molar-refractivity contribution < 1.29 is 19.4 Å². The third-order valence-corrected chi connectivity index (χ3v) is 5.28. The molecule has 1 aromatic heterocycles. The quantitative estimate of drug-likeness (QED) is 0.236. The van der Waals surface area contributed by atoms with Crippen LogP contribution in [-0.4, -0.2) is 34.7 Å². The van der Waals surface area contributed by atoms with Crippen LogP contribution in [0.25, 0.3) is 10.9 Å². The van der Waals surface area contributed by atoms with Gasteiger partial charge in [-0.3, -0.25) is 10.1 Å². The van der Waals surface area contributed by atoms with Crippen molar-refractivity contribution >= 4 is 41.1 Å². The van der Waals surface area contributed by atoms with Crippen LogP contribution in [0, 0.1) is 0 Å². The number of aliphatic carboxylic acids is 1. The second-order valence-corrected chi connectivity index (χ2v) is 7.93. The van der Waals surface area contributed by atoms with E-state index < -0.39 is 18.1 Å². The number of amides is 1. The molecule has 0 aliphatic carbocycles. The van der Waals surface area contributed by atoms with Crippen molar-refractivity contribution in [3.05, 3.63) is 102 Å². The second kappa shape index (κ2) is 14.5. The molecule has 3 aromatic carbocycles. The molecule has 0 saturated carbocycles. The van der Waals surface area contributed by atoms with E-state index in [1.54, 1.807) is 0 Å². The van der Waals surface area contributed by atoms with Crippen molar-refractivity contribution in [2.45, 2.75) is 25.5 Å². The highest BCUT2D eigenvalue weighted by Gasteiger charge is 2.14. The van der Waals surface area contributed by atoms with Gasteiger partial charge in [-0.15, -0.1) is 12.4 Å². The van der Waals surface area contributed by atoms with Gasteiger partial charge in [0, 0.05) is 29.2 Å². The lowest BCUT2D eigenvalue weighted by molar-refractivity contribution is -0.138. The van der Waals surface area contributed by atoms with Gasteiger partial charge in [-0.1, -0.05) is 60.7 Å². The molecule has 0 unspecified atom stereocenters. The first kappa shape index (κ1) is 28.4. The Labute approximate surface area is 216 Å². The number of carboxylic acid groups (broad SMARTS) is 1. The van der Waals surface area contributed by atoms with Crippen LogP contribution in [-0.2, 0) is 29.0 Å². The summed E-state index contributed by atoms with van der Waals surface area (Å²) in [7, 11) is 0. The number of fused-ring (bicyclic) bond motifs is 1. The first-order valence-electron chi connectivity index (χ1n) is 11.3. The zero-order chi connectivity index (χ0) is 25.0. The summed E-state index contributed by atoms with van der Waals surface area (Å²) >= 11 is 0. The fraction of sp³-hybridized carbons (Fsp3) is 0.185. The van der Waals surface area contributed by atoms with Crippen LogP contribution < -0.4 is 16.8 Å². The first-order chi connectivity index (χ1) is 17.0. The smallest absolute Gasteiger partial charge is 0.411 e. The van der Waals surface area contributed by atoms with E-state index in [1.165, 1.54) is 0 Å². The van der Waals surface area contributed by atoms with Crippen LogP contribution in [0.1, 0.15) is 16.7 Å². The van der Waals surface area contributed by atoms with Crippen LogP contribution in [0.5, 0.6) is 0 Å². The number of nitrogens with two attached hydrogens (primary N) is 2. The van der Waals surface area contributed by atoms with E-state index in [0.717, 1.165) is 34.0 Å². The number of carbonyl (C=O) groups is 2. The predicted molar refractivity (Wildman–Crippen MR) is 144 cm³/mol. The van der Waals surface area contributed by atoms with Gasteiger partial charge in [0.15, 0.2) is 0 Å². The van der Waals surface area contributed by atoms with Crippen LogP contribution in [0.15, 0.2) is 85.1 Å². The molecule has 36 heavy (non-hydrogen) atoms. The molecule has 0 bridgehead atoms. The molecule has 8 nitrogen and oxygen atoms in total. The summed E-state index contributed by atoms with van der Waals surface area (Å²) < 4.78 is 5.14. The van der Waals surface area contributed by atoms with Crippen LogP contribution in [0.2, 0.25) is 0 Å². The van der Waals surface area contributed by atoms with E-state index in [9.17, 15) is 9.59 Å². The van der Waals surface area contributed by atoms with Crippen molar-refractivity contribution in [3.8, 4) is 0 Å². The van der Waals surface area contributed by atoms with Gasteiger partial charge >= 0.3 is 12.1 Å². The second-order valence-electron chi connectivity index (χ2n) is 7.93. The highest BCUT2D eigenvalue weighted by Crippen LogP contribution is 2.18. The van der Waals surface area contributed by atoms with Crippen molar-refractivity contribution in [3.63, 3.8) is 0 Å². The number of para-hydroxylation sites is 1. The third kappa shape index (κ3) is 8.74.